The van der Waals surface area contributed by atoms with Crippen molar-refractivity contribution in [2.24, 2.45) is 0 Å². The third-order valence-electron chi connectivity index (χ3n) is 7.49. The summed E-state index contributed by atoms with van der Waals surface area (Å²) in [6.07, 6.45) is 5.19. The highest BCUT2D eigenvalue weighted by atomic mass is 35.5. The lowest BCUT2D eigenvalue weighted by atomic mass is 10.0. The number of nitrogens with one attached hydrogen (secondary N) is 1. The Balaban J connectivity index is 0.000000319. The molecule has 8 nitrogen and oxygen atoms in total. The normalized spacial score (nSPS) is 11.9. The molecule has 0 aliphatic heterocycles. The lowest BCUT2D eigenvalue weighted by Gasteiger charge is -2.14. The number of aliphatic hydroxyl groups is 2. The van der Waals surface area contributed by atoms with Crippen LogP contribution in [0.5, 0.6) is 5.75 Å². The summed E-state index contributed by atoms with van der Waals surface area (Å²) in [5.41, 5.74) is 3.79. The number of aromatic hydroxyl groups is 1. The minimum atomic E-state index is -0.917. The minimum absolute atomic E-state index is 0.0370. The van der Waals surface area contributed by atoms with E-state index in [0.29, 0.717) is 65.3 Å². The van der Waals surface area contributed by atoms with Gasteiger partial charge in [-0.1, -0.05) is 109 Å². The third-order valence-corrected chi connectivity index (χ3v) is 8.20. The van der Waals surface area contributed by atoms with Gasteiger partial charge in [-0.2, -0.15) is 0 Å². The van der Waals surface area contributed by atoms with Crippen molar-refractivity contribution in [1.29, 1.82) is 0 Å². The van der Waals surface area contributed by atoms with E-state index < -0.39 is 12.1 Å². The van der Waals surface area contributed by atoms with Crippen molar-refractivity contribution in [3.63, 3.8) is 0 Å². The summed E-state index contributed by atoms with van der Waals surface area (Å²) in [5, 5.41) is 42.7. The number of hydrogen-bond acceptors (Lipinski definition) is 7. The molecule has 5 N–H and O–H groups in total. The number of phenols is 1. The van der Waals surface area contributed by atoms with E-state index >= 15 is 0 Å². The number of carboxylic acids is 1. The average Bonchev–Trinajstić information content (AvgIpc) is 3.11. The molecule has 0 fully saturated rings. The maximum absolute atomic E-state index is 11.2. The van der Waals surface area contributed by atoms with Gasteiger partial charge >= 0.3 is 5.97 Å². The van der Waals surface area contributed by atoms with Crippen LogP contribution < -0.4 is 5.32 Å². The van der Waals surface area contributed by atoms with Crippen molar-refractivity contribution < 1.29 is 34.7 Å². The molecular formula is C39H45Cl2NO7. The number of aliphatic carboxylic acids is 1. The molecule has 262 valence electrons. The average molecular weight is 711 g/mol. The molecule has 10 heteroatoms. The molecule has 4 aromatic rings. The molecule has 0 unspecified atom stereocenters. The molecule has 0 aliphatic rings. The van der Waals surface area contributed by atoms with Crippen LogP contribution in [0.25, 0.3) is 11.6 Å². The van der Waals surface area contributed by atoms with Gasteiger partial charge in [0.25, 0.3) is 0 Å². The summed E-state index contributed by atoms with van der Waals surface area (Å²) in [7, 11) is 0. The molecule has 4 aromatic carbocycles. The Kier molecular flexibility index (Phi) is 18.5. The quantitative estimate of drug-likeness (QED) is 0.0377. The van der Waals surface area contributed by atoms with Crippen molar-refractivity contribution in [3.8, 4) is 5.75 Å². The molecule has 4 rings (SSSR count). The van der Waals surface area contributed by atoms with Crippen LogP contribution >= 0.6 is 23.2 Å². The van der Waals surface area contributed by atoms with Crippen LogP contribution in [0.4, 0.5) is 0 Å². The molecule has 0 radical (unpaired) electrons. The molecular weight excluding hydrogens is 665 g/mol. The van der Waals surface area contributed by atoms with Crippen LogP contribution in [0.15, 0.2) is 97.1 Å². The van der Waals surface area contributed by atoms with E-state index in [-0.39, 0.29) is 12.4 Å². The number of benzene rings is 4. The fraction of sp³-hybridized carbons (Fsp3) is 0.308. The number of aliphatic hydroxyl groups excluding tert-OH is 2. The first-order valence-electron chi connectivity index (χ1n) is 16.3. The molecule has 0 aromatic heterocycles. The molecule has 0 heterocycles. The standard InChI is InChI=1S/C24H33Cl2NO5.C15H12O2/c25-21-6-5-7-22(26)20(21)17-32-13-12-31-11-4-2-1-3-10-27-15-24(30)18-8-9-23(29)19(14-18)16-28;16-15(17)14(13-9-5-2-6-10-13)11-12-7-3-1-4-8-12/h5-9,14,24,27-30H,1-4,10-13,15-17H2;1-11H,(H,16,17)/b;14-11+/t24-;/m0./s1. The largest absolute Gasteiger partial charge is 0.508 e. The topological polar surface area (TPSA) is 128 Å². The maximum atomic E-state index is 11.2. The van der Waals surface area contributed by atoms with Crippen molar-refractivity contribution in [3.05, 3.63) is 135 Å². The Hall–Kier alpha value is -3.73. The summed E-state index contributed by atoms with van der Waals surface area (Å²) >= 11 is 12.2. The van der Waals surface area contributed by atoms with Gasteiger partial charge in [0.15, 0.2) is 0 Å². The molecule has 0 saturated carbocycles. The van der Waals surface area contributed by atoms with E-state index in [1.807, 2.05) is 54.6 Å². The first kappa shape index (κ1) is 39.7. The van der Waals surface area contributed by atoms with Crippen LogP contribution in [-0.2, 0) is 27.5 Å². The SMILES string of the molecule is O=C(O)/C(=C/c1ccccc1)c1ccccc1.OCc1cc([C@@H](O)CNCCCCCCOCCOCc2c(Cl)cccc2Cl)ccc1O. The van der Waals surface area contributed by atoms with Gasteiger partial charge in [-0.25, -0.2) is 4.79 Å². The number of carbonyl (C=O) groups is 1. The van der Waals surface area contributed by atoms with Crippen LogP contribution in [0.2, 0.25) is 10.0 Å². The Bertz CT molecular complexity index is 1550. The van der Waals surface area contributed by atoms with Crippen molar-refractivity contribution in [2.75, 3.05) is 32.9 Å². The fourth-order valence-electron chi connectivity index (χ4n) is 4.77. The van der Waals surface area contributed by atoms with Crippen molar-refractivity contribution >= 4 is 40.8 Å². The number of carboxylic acid groups (broad SMARTS) is 1. The number of halogens is 2. The van der Waals surface area contributed by atoms with E-state index in [0.717, 1.165) is 43.4 Å². The monoisotopic (exact) mass is 709 g/mol. The van der Waals surface area contributed by atoms with Gasteiger partial charge in [0, 0.05) is 34.3 Å². The number of unbranched alkanes of at least 4 members (excludes halogenated alkanes) is 3. The van der Waals surface area contributed by atoms with E-state index in [1.54, 1.807) is 42.5 Å². The first-order valence-corrected chi connectivity index (χ1v) is 17.0. The van der Waals surface area contributed by atoms with E-state index in [4.69, 9.17) is 32.7 Å². The molecule has 1 atom stereocenters. The Morgan fingerprint density at radius 3 is 2.12 bits per heavy atom. The third kappa shape index (κ3) is 14.7. The summed E-state index contributed by atoms with van der Waals surface area (Å²) in [4.78, 5) is 11.2. The molecule has 0 aliphatic carbocycles. The van der Waals surface area contributed by atoms with Gasteiger partial charge in [0.05, 0.1) is 38.1 Å². The van der Waals surface area contributed by atoms with Gasteiger partial charge in [-0.15, -0.1) is 0 Å². The summed E-state index contributed by atoms with van der Waals surface area (Å²) in [6.45, 7) is 3.11. The number of rotatable bonds is 19. The summed E-state index contributed by atoms with van der Waals surface area (Å²) in [5.74, 6) is -0.880. The number of hydrogen-bond donors (Lipinski definition) is 5. The highest BCUT2D eigenvalue weighted by Gasteiger charge is 2.11. The predicted octanol–water partition coefficient (Wildman–Crippen LogP) is 7.92. The molecule has 0 spiro atoms. The Morgan fingerprint density at radius 2 is 1.45 bits per heavy atom. The second-order valence-corrected chi connectivity index (χ2v) is 12.0. The zero-order valence-corrected chi connectivity index (χ0v) is 29.0. The Labute approximate surface area is 298 Å². The molecule has 0 bridgehead atoms. The lowest BCUT2D eigenvalue weighted by molar-refractivity contribution is -0.130. The second-order valence-electron chi connectivity index (χ2n) is 11.2. The van der Waals surface area contributed by atoms with Crippen LogP contribution in [0, 0.1) is 0 Å². The number of ether oxygens (including phenoxy) is 2. The van der Waals surface area contributed by atoms with Crippen LogP contribution in [-0.4, -0.2) is 59.3 Å². The minimum Gasteiger partial charge on any atom is -0.508 e. The molecule has 49 heavy (non-hydrogen) atoms. The van der Waals surface area contributed by atoms with Gasteiger partial charge < -0.3 is 35.2 Å². The van der Waals surface area contributed by atoms with Crippen molar-refractivity contribution in [1.82, 2.24) is 5.32 Å². The van der Waals surface area contributed by atoms with Gasteiger partial charge in [-0.3, -0.25) is 0 Å². The molecule has 0 saturated heterocycles. The van der Waals surface area contributed by atoms with Gasteiger partial charge in [0.1, 0.15) is 5.75 Å². The van der Waals surface area contributed by atoms with E-state index in [9.17, 15) is 25.2 Å². The zero-order valence-electron chi connectivity index (χ0n) is 27.4. The van der Waals surface area contributed by atoms with Gasteiger partial charge in [0.2, 0.25) is 0 Å². The van der Waals surface area contributed by atoms with E-state index in [2.05, 4.69) is 5.32 Å². The first-order chi connectivity index (χ1) is 23.8. The predicted molar refractivity (Wildman–Crippen MR) is 196 cm³/mol. The Morgan fingerprint density at radius 1 is 0.796 bits per heavy atom. The highest BCUT2D eigenvalue weighted by molar-refractivity contribution is 6.35. The van der Waals surface area contributed by atoms with Crippen LogP contribution in [0.1, 0.15) is 59.6 Å². The fourth-order valence-corrected chi connectivity index (χ4v) is 5.28. The van der Waals surface area contributed by atoms with Gasteiger partial charge in [-0.05, 0) is 66.4 Å². The summed E-state index contributed by atoms with van der Waals surface area (Å²) < 4.78 is 11.2. The molecule has 0 amide bonds. The zero-order chi connectivity index (χ0) is 35.3. The summed E-state index contributed by atoms with van der Waals surface area (Å²) in [6, 6.07) is 28.7. The maximum Gasteiger partial charge on any atom is 0.336 e. The second kappa shape index (κ2) is 22.8. The lowest BCUT2D eigenvalue weighted by Crippen LogP contribution is -2.22. The van der Waals surface area contributed by atoms with Crippen molar-refractivity contribution in [2.45, 2.75) is 45.0 Å². The van der Waals surface area contributed by atoms with Crippen LogP contribution in [0.3, 0.4) is 0 Å². The van der Waals surface area contributed by atoms with E-state index in [1.165, 1.54) is 6.07 Å². The smallest absolute Gasteiger partial charge is 0.336 e. The highest BCUT2D eigenvalue weighted by Crippen LogP contribution is 2.25.